The SMILES string of the molecule is CCNc1nc(OC(C)C)nc(N(C)Cc2ccco2)n1. The van der Waals surface area contributed by atoms with Crippen molar-refractivity contribution in [3.8, 4) is 6.01 Å². The molecule has 0 saturated heterocycles. The minimum atomic E-state index is 0.00473. The molecule has 0 radical (unpaired) electrons. The first kappa shape index (κ1) is 15.1. The van der Waals surface area contributed by atoms with Gasteiger partial charge < -0.3 is 19.4 Å². The van der Waals surface area contributed by atoms with Crippen molar-refractivity contribution in [1.29, 1.82) is 0 Å². The molecule has 2 aromatic heterocycles. The minimum absolute atomic E-state index is 0.00473. The van der Waals surface area contributed by atoms with Crippen molar-refractivity contribution in [2.75, 3.05) is 23.8 Å². The second-order valence-electron chi connectivity index (χ2n) is 4.87. The third-order valence-electron chi connectivity index (χ3n) is 2.59. The highest BCUT2D eigenvalue weighted by atomic mass is 16.5. The summed E-state index contributed by atoms with van der Waals surface area (Å²) in [6.45, 7) is 7.15. The molecule has 1 N–H and O–H groups in total. The smallest absolute Gasteiger partial charge is 0.323 e. The van der Waals surface area contributed by atoms with Crippen LogP contribution in [0.1, 0.15) is 26.5 Å². The van der Waals surface area contributed by atoms with Crippen molar-refractivity contribution in [3.05, 3.63) is 24.2 Å². The Morgan fingerprint density at radius 3 is 2.76 bits per heavy atom. The van der Waals surface area contributed by atoms with Crippen LogP contribution in [-0.2, 0) is 6.54 Å². The summed E-state index contributed by atoms with van der Waals surface area (Å²) in [6, 6.07) is 4.08. The number of anilines is 2. The Labute approximate surface area is 124 Å². The standard InChI is InChI=1S/C14H21N5O2/c1-5-15-12-16-13(18-14(17-12)21-10(2)3)19(4)9-11-7-6-8-20-11/h6-8,10H,5,9H2,1-4H3,(H,15,16,17,18). The van der Waals surface area contributed by atoms with Crippen molar-refractivity contribution >= 4 is 11.9 Å². The van der Waals surface area contributed by atoms with Gasteiger partial charge in [0.05, 0.1) is 18.9 Å². The topological polar surface area (TPSA) is 76.3 Å². The molecule has 2 aromatic rings. The van der Waals surface area contributed by atoms with Crippen molar-refractivity contribution in [1.82, 2.24) is 15.0 Å². The van der Waals surface area contributed by atoms with Gasteiger partial charge in [0, 0.05) is 13.6 Å². The molecule has 21 heavy (non-hydrogen) atoms. The summed E-state index contributed by atoms with van der Waals surface area (Å²) in [7, 11) is 1.90. The maximum absolute atomic E-state index is 5.57. The summed E-state index contributed by atoms with van der Waals surface area (Å²) < 4.78 is 10.9. The largest absolute Gasteiger partial charge is 0.467 e. The molecule has 0 aliphatic rings. The van der Waals surface area contributed by atoms with Gasteiger partial charge in [0.15, 0.2) is 0 Å². The van der Waals surface area contributed by atoms with E-state index in [0.29, 0.717) is 24.5 Å². The molecule has 0 bridgehead atoms. The summed E-state index contributed by atoms with van der Waals surface area (Å²) in [6.07, 6.45) is 1.65. The zero-order chi connectivity index (χ0) is 15.2. The molecule has 0 amide bonds. The fourth-order valence-corrected chi connectivity index (χ4v) is 1.72. The summed E-state index contributed by atoms with van der Waals surface area (Å²) in [5.41, 5.74) is 0. The number of aromatic nitrogens is 3. The van der Waals surface area contributed by atoms with E-state index in [1.807, 2.05) is 44.9 Å². The van der Waals surface area contributed by atoms with Crippen LogP contribution in [0.5, 0.6) is 6.01 Å². The fourth-order valence-electron chi connectivity index (χ4n) is 1.72. The predicted molar refractivity (Wildman–Crippen MR) is 80.6 cm³/mol. The molecule has 0 fully saturated rings. The van der Waals surface area contributed by atoms with Crippen LogP contribution in [0.2, 0.25) is 0 Å². The molecule has 0 unspecified atom stereocenters. The molecule has 0 aliphatic heterocycles. The molecule has 7 heteroatoms. The first-order valence-electron chi connectivity index (χ1n) is 6.98. The fraction of sp³-hybridized carbons (Fsp3) is 0.500. The predicted octanol–water partition coefficient (Wildman–Crippen LogP) is 2.32. The highest BCUT2D eigenvalue weighted by molar-refractivity contribution is 5.38. The average molecular weight is 291 g/mol. The van der Waals surface area contributed by atoms with Crippen molar-refractivity contribution < 1.29 is 9.15 Å². The lowest BCUT2D eigenvalue weighted by atomic mass is 10.4. The number of rotatable bonds is 7. The van der Waals surface area contributed by atoms with Crippen LogP contribution in [0.25, 0.3) is 0 Å². The Balaban J connectivity index is 2.21. The Kier molecular flexibility index (Phi) is 4.97. The van der Waals surface area contributed by atoms with Crippen LogP contribution in [0, 0.1) is 0 Å². The van der Waals surface area contributed by atoms with Crippen LogP contribution >= 0.6 is 0 Å². The van der Waals surface area contributed by atoms with Gasteiger partial charge in [0.25, 0.3) is 0 Å². The summed E-state index contributed by atoms with van der Waals surface area (Å²) >= 11 is 0. The van der Waals surface area contributed by atoms with Crippen LogP contribution in [0.3, 0.4) is 0 Å². The van der Waals surface area contributed by atoms with Crippen LogP contribution < -0.4 is 15.0 Å². The van der Waals surface area contributed by atoms with Gasteiger partial charge >= 0.3 is 6.01 Å². The third-order valence-corrected chi connectivity index (χ3v) is 2.59. The van der Waals surface area contributed by atoms with Gasteiger partial charge in [-0.05, 0) is 32.9 Å². The highest BCUT2D eigenvalue weighted by Gasteiger charge is 2.13. The molecular formula is C14H21N5O2. The zero-order valence-electron chi connectivity index (χ0n) is 12.8. The monoisotopic (exact) mass is 291 g/mol. The second-order valence-corrected chi connectivity index (χ2v) is 4.87. The number of hydrogen-bond acceptors (Lipinski definition) is 7. The molecule has 2 heterocycles. The molecule has 0 spiro atoms. The van der Waals surface area contributed by atoms with Crippen molar-refractivity contribution in [2.24, 2.45) is 0 Å². The molecule has 0 aromatic carbocycles. The van der Waals surface area contributed by atoms with Gasteiger partial charge in [-0.15, -0.1) is 0 Å². The summed E-state index contributed by atoms with van der Waals surface area (Å²) in [4.78, 5) is 14.8. The lowest BCUT2D eigenvalue weighted by Gasteiger charge is -2.17. The molecular weight excluding hydrogens is 270 g/mol. The first-order chi connectivity index (χ1) is 10.1. The molecule has 114 valence electrons. The molecule has 0 atom stereocenters. The van der Waals surface area contributed by atoms with Crippen LogP contribution in [0.15, 0.2) is 22.8 Å². The summed E-state index contributed by atoms with van der Waals surface area (Å²) in [5.74, 6) is 1.88. The van der Waals surface area contributed by atoms with Gasteiger partial charge in [-0.2, -0.15) is 15.0 Å². The van der Waals surface area contributed by atoms with E-state index in [9.17, 15) is 0 Å². The Hall–Kier alpha value is -2.31. The Morgan fingerprint density at radius 1 is 1.33 bits per heavy atom. The molecule has 7 nitrogen and oxygen atoms in total. The van der Waals surface area contributed by atoms with Crippen LogP contribution in [-0.4, -0.2) is 34.6 Å². The maximum Gasteiger partial charge on any atom is 0.323 e. The first-order valence-corrected chi connectivity index (χ1v) is 6.98. The lowest BCUT2D eigenvalue weighted by molar-refractivity contribution is 0.222. The third kappa shape index (κ3) is 4.34. The van der Waals surface area contributed by atoms with Gasteiger partial charge in [0.1, 0.15) is 5.76 Å². The van der Waals surface area contributed by atoms with E-state index in [-0.39, 0.29) is 6.10 Å². The van der Waals surface area contributed by atoms with E-state index >= 15 is 0 Å². The van der Waals surface area contributed by atoms with E-state index in [1.165, 1.54) is 0 Å². The average Bonchev–Trinajstić information content (AvgIpc) is 2.91. The highest BCUT2D eigenvalue weighted by Crippen LogP contribution is 2.17. The van der Waals surface area contributed by atoms with Gasteiger partial charge in [0.2, 0.25) is 11.9 Å². The zero-order valence-corrected chi connectivity index (χ0v) is 12.8. The number of hydrogen-bond donors (Lipinski definition) is 1. The van der Waals surface area contributed by atoms with Crippen molar-refractivity contribution in [2.45, 2.75) is 33.4 Å². The number of furan rings is 1. The van der Waals surface area contributed by atoms with E-state index in [4.69, 9.17) is 9.15 Å². The Morgan fingerprint density at radius 2 is 2.14 bits per heavy atom. The van der Waals surface area contributed by atoms with Gasteiger partial charge in [-0.25, -0.2) is 0 Å². The summed E-state index contributed by atoms with van der Waals surface area (Å²) in [5, 5.41) is 3.08. The van der Waals surface area contributed by atoms with Crippen LogP contribution in [0.4, 0.5) is 11.9 Å². The number of ether oxygens (including phenoxy) is 1. The van der Waals surface area contributed by atoms with E-state index in [0.717, 1.165) is 12.3 Å². The second kappa shape index (κ2) is 6.92. The van der Waals surface area contributed by atoms with E-state index in [1.54, 1.807) is 6.26 Å². The van der Waals surface area contributed by atoms with Gasteiger partial charge in [-0.1, -0.05) is 0 Å². The molecule has 0 aliphatic carbocycles. The quantitative estimate of drug-likeness (QED) is 0.838. The minimum Gasteiger partial charge on any atom is -0.467 e. The van der Waals surface area contributed by atoms with Gasteiger partial charge in [-0.3, -0.25) is 0 Å². The number of nitrogens with one attached hydrogen (secondary N) is 1. The lowest BCUT2D eigenvalue weighted by Crippen LogP contribution is -2.21. The molecule has 0 saturated carbocycles. The van der Waals surface area contributed by atoms with Crippen molar-refractivity contribution in [3.63, 3.8) is 0 Å². The molecule has 2 rings (SSSR count). The normalized spacial score (nSPS) is 10.7. The maximum atomic E-state index is 5.57. The Bertz CT molecular complexity index is 556. The van der Waals surface area contributed by atoms with E-state index < -0.39 is 0 Å². The van der Waals surface area contributed by atoms with E-state index in [2.05, 4.69) is 20.3 Å². The number of nitrogens with zero attached hydrogens (tertiary/aromatic N) is 4.